The van der Waals surface area contributed by atoms with Crippen LogP contribution >= 0.6 is 11.3 Å². The number of carbonyl (C=O) groups excluding carboxylic acids is 1. The summed E-state index contributed by atoms with van der Waals surface area (Å²) in [4.78, 5) is 18.1. The van der Waals surface area contributed by atoms with Crippen molar-refractivity contribution in [2.24, 2.45) is 0 Å². The Bertz CT molecular complexity index is 1510. The summed E-state index contributed by atoms with van der Waals surface area (Å²) in [5.74, 6) is -0.777. The Balaban J connectivity index is 1.51. The van der Waals surface area contributed by atoms with Crippen LogP contribution in [0, 0.1) is 11.3 Å². The van der Waals surface area contributed by atoms with Crippen LogP contribution in [-0.2, 0) is 6.18 Å². The first-order valence-corrected chi connectivity index (χ1v) is 10.5. The lowest BCUT2D eigenvalue weighted by atomic mass is 10.1. The van der Waals surface area contributed by atoms with E-state index in [-0.39, 0.29) is 29.5 Å². The minimum absolute atomic E-state index is 0.0268. The van der Waals surface area contributed by atoms with Gasteiger partial charge in [-0.25, -0.2) is 9.67 Å². The minimum atomic E-state index is -4.89. The van der Waals surface area contributed by atoms with E-state index in [1.807, 2.05) is 6.07 Å². The van der Waals surface area contributed by atoms with Gasteiger partial charge in [-0.15, -0.1) is 16.1 Å². The van der Waals surface area contributed by atoms with Crippen LogP contribution in [0.5, 0.6) is 0 Å². The molecular formula is C20H12F3N9OS. The molecule has 34 heavy (non-hydrogen) atoms. The van der Waals surface area contributed by atoms with Crippen LogP contribution in [0.3, 0.4) is 0 Å². The van der Waals surface area contributed by atoms with Crippen molar-refractivity contribution in [2.75, 3.05) is 6.54 Å². The van der Waals surface area contributed by atoms with Gasteiger partial charge in [0.05, 0.1) is 36.3 Å². The molecule has 0 spiro atoms. The van der Waals surface area contributed by atoms with Crippen LogP contribution < -0.4 is 10.6 Å². The number of dihydropyridines is 1. The van der Waals surface area contributed by atoms with Gasteiger partial charge in [-0.2, -0.15) is 33.7 Å². The summed E-state index contributed by atoms with van der Waals surface area (Å²) < 4.78 is 43.5. The molecular weight excluding hydrogens is 471 g/mol. The molecule has 1 amide bonds. The zero-order valence-electron chi connectivity index (χ0n) is 16.9. The van der Waals surface area contributed by atoms with Gasteiger partial charge in [-0.3, -0.25) is 4.79 Å². The number of aromatic nitrogens is 6. The molecule has 14 heteroatoms. The molecule has 0 unspecified atom stereocenters. The third-order valence-electron chi connectivity index (χ3n) is 4.88. The average Bonchev–Trinajstić information content (AvgIpc) is 3.58. The second-order valence-corrected chi connectivity index (χ2v) is 7.90. The Morgan fingerprint density at radius 3 is 2.74 bits per heavy atom. The summed E-state index contributed by atoms with van der Waals surface area (Å²) in [6, 6.07) is 5.27. The van der Waals surface area contributed by atoms with E-state index in [1.165, 1.54) is 40.8 Å². The number of amides is 1. The molecule has 0 fully saturated rings. The Kier molecular flexibility index (Phi) is 5.10. The highest BCUT2D eigenvalue weighted by Crippen LogP contribution is 2.35. The van der Waals surface area contributed by atoms with E-state index < -0.39 is 23.3 Å². The average molecular weight is 483 g/mol. The molecule has 0 saturated heterocycles. The van der Waals surface area contributed by atoms with E-state index in [1.54, 1.807) is 17.5 Å². The monoisotopic (exact) mass is 483 g/mol. The van der Waals surface area contributed by atoms with Crippen molar-refractivity contribution in [3.63, 3.8) is 0 Å². The van der Waals surface area contributed by atoms with E-state index in [9.17, 15) is 23.2 Å². The fourth-order valence-electron chi connectivity index (χ4n) is 3.45. The van der Waals surface area contributed by atoms with Gasteiger partial charge in [0.25, 0.3) is 5.91 Å². The second kappa shape index (κ2) is 8.12. The number of hydrogen-bond donors (Lipinski definition) is 2. The Labute approximate surface area is 192 Å². The summed E-state index contributed by atoms with van der Waals surface area (Å²) in [5, 5.41) is 28.7. The lowest BCUT2D eigenvalue weighted by molar-refractivity contribution is -0.143. The summed E-state index contributed by atoms with van der Waals surface area (Å²) in [5.41, 5.74) is -1.64. The third-order valence-corrected chi connectivity index (χ3v) is 5.76. The van der Waals surface area contributed by atoms with Gasteiger partial charge < -0.3 is 10.6 Å². The predicted octanol–water partition coefficient (Wildman–Crippen LogP) is 2.70. The first kappa shape index (κ1) is 21.3. The number of nitriles is 1. The maximum Gasteiger partial charge on any atom is 0.434 e. The molecule has 5 rings (SSSR count). The van der Waals surface area contributed by atoms with Crippen molar-refractivity contribution in [1.29, 1.82) is 5.26 Å². The summed E-state index contributed by atoms with van der Waals surface area (Å²) in [6.07, 6.45) is 1.54. The highest BCUT2D eigenvalue weighted by atomic mass is 32.1. The number of fused-ring (bicyclic) bond motifs is 1. The van der Waals surface area contributed by atoms with Crippen LogP contribution in [-0.4, -0.2) is 42.2 Å². The Morgan fingerprint density at radius 2 is 2.00 bits per heavy atom. The maximum atomic E-state index is 14.1. The number of hydrogen-bond acceptors (Lipinski definition) is 8. The summed E-state index contributed by atoms with van der Waals surface area (Å²) >= 11 is 1.35. The summed E-state index contributed by atoms with van der Waals surface area (Å²) in [7, 11) is 0. The van der Waals surface area contributed by atoms with Crippen LogP contribution in [0.2, 0.25) is 0 Å². The van der Waals surface area contributed by atoms with Crippen LogP contribution in [0.1, 0.15) is 16.1 Å². The van der Waals surface area contributed by atoms with Crippen molar-refractivity contribution in [3.8, 4) is 11.9 Å². The Morgan fingerprint density at radius 1 is 1.21 bits per heavy atom. The van der Waals surface area contributed by atoms with Crippen LogP contribution in [0.15, 0.2) is 59.6 Å². The highest BCUT2D eigenvalue weighted by molar-refractivity contribution is 7.17. The van der Waals surface area contributed by atoms with E-state index in [4.69, 9.17) is 0 Å². The van der Waals surface area contributed by atoms with Gasteiger partial charge >= 0.3 is 6.18 Å². The number of allylic oxidation sites excluding steroid dienone is 2. The van der Waals surface area contributed by atoms with Gasteiger partial charge in [0.15, 0.2) is 17.3 Å². The number of thiophene rings is 1. The number of nitrogens with zero attached hydrogens (tertiary/aromatic N) is 7. The minimum Gasteiger partial charge on any atom is -0.362 e. The summed E-state index contributed by atoms with van der Waals surface area (Å²) in [6.45, 7) is 0.0268. The Hall–Kier alpha value is -4.51. The molecule has 170 valence electrons. The molecule has 4 aromatic rings. The molecule has 0 saturated carbocycles. The molecule has 1 aliphatic rings. The molecule has 1 aliphatic heterocycles. The zero-order valence-corrected chi connectivity index (χ0v) is 17.7. The third kappa shape index (κ3) is 3.67. The number of carbonyl (C=O) groups is 1. The standard InChI is InChI=1S/C20H12F3N9OS/c21-20(22,23)16-14(10-29-31(16)18-13-2-6-34-15(13)1-3-25-18)19(33)30-12-7-11(8-24)17(26-9-12)32-27-4-5-28-32/h1-7,10,26H,9H2,(H,30,33). The highest BCUT2D eigenvalue weighted by Gasteiger charge is 2.41. The fourth-order valence-corrected chi connectivity index (χ4v) is 4.23. The van der Waals surface area contributed by atoms with Gasteiger partial charge in [0.1, 0.15) is 6.07 Å². The lowest BCUT2D eigenvalue weighted by Gasteiger charge is -2.19. The molecule has 10 nitrogen and oxygen atoms in total. The lowest BCUT2D eigenvalue weighted by Crippen LogP contribution is -2.34. The maximum absolute atomic E-state index is 14.1. The van der Waals surface area contributed by atoms with Crippen molar-refractivity contribution < 1.29 is 18.0 Å². The number of alkyl halides is 3. The molecule has 0 bridgehead atoms. The molecule has 5 heterocycles. The molecule has 2 N–H and O–H groups in total. The smallest absolute Gasteiger partial charge is 0.362 e. The predicted molar refractivity (Wildman–Crippen MR) is 114 cm³/mol. The molecule has 0 aromatic carbocycles. The van der Waals surface area contributed by atoms with Gasteiger partial charge in [-0.1, -0.05) is 0 Å². The number of rotatable bonds is 4. The molecule has 0 aliphatic carbocycles. The van der Waals surface area contributed by atoms with Crippen molar-refractivity contribution in [3.05, 3.63) is 70.9 Å². The first-order chi connectivity index (χ1) is 16.4. The van der Waals surface area contributed by atoms with E-state index >= 15 is 0 Å². The second-order valence-electron chi connectivity index (χ2n) is 6.95. The van der Waals surface area contributed by atoms with Crippen LogP contribution in [0.4, 0.5) is 13.2 Å². The molecule has 4 aromatic heterocycles. The van der Waals surface area contributed by atoms with Gasteiger partial charge in [0.2, 0.25) is 0 Å². The zero-order chi connectivity index (χ0) is 23.9. The fraction of sp³-hybridized carbons (Fsp3) is 0.100. The quantitative estimate of drug-likeness (QED) is 0.457. The molecule has 0 radical (unpaired) electrons. The number of nitrogens with one attached hydrogen (secondary N) is 2. The largest absolute Gasteiger partial charge is 0.434 e. The van der Waals surface area contributed by atoms with E-state index in [0.29, 0.717) is 10.1 Å². The van der Waals surface area contributed by atoms with E-state index in [2.05, 4.69) is 30.9 Å². The van der Waals surface area contributed by atoms with Crippen molar-refractivity contribution >= 4 is 33.2 Å². The van der Waals surface area contributed by atoms with Crippen molar-refractivity contribution in [2.45, 2.75) is 6.18 Å². The molecule has 0 atom stereocenters. The van der Waals surface area contributed by atoms with Crippen LogP contribution in [0.25, 0.3) is 21.7 Å². The SMILES string of the molecule is N#CC1=C(n2nccn2)NCC(NC(=O)c2cnn(-c3nccc4sccc34)c2C(F)(F)F)=C1. The normalized spacial score (nSPS) is 14.0. The first-order valence-electron chi connectivity index (χ1n) is 9.61. The van der Waals surface area contributed by atoms with Gasteiger partial charge in [0, 0.05) is 22.0 Å². The van der Waals surface area contributed by atoms with Crippen molar-refractivity contribution in [1.82, 2.24) is 40.4 Å². The number of pyridine rings is 1. The topological polar surface area (TPSA) is 126 Å². The van der Waals surface area contributed by atoms with Gasteiger partial charge in [-0.05, 0) is 23.6 Å². The number of halogens is 3. The van der Waals surface area contributed by atoms with E-state index in [0.717, 1.165) is 10.9 Å².